The van der Waals surface area contributed by atoms with Crippen LogP contribution in [0, 0.1) is 17.2 Å². The highest BCUT2D eigenvalue weighted by molar-refractivity contribution is 6.00. The van der Waals surface area contributed by atoms with E-state index in [0.717, 1.165) is 30.6 Å². The molecular weight excluding hydrogens is 449 g/mol. The Morgan fingerprint density at radius 2 is 2.20 bits per heavy atom. The van der Waals surface area contributed by atoms with E-state index in [4.69, 9.17) is 5.26 Å². The van der Waals surface area contributed by atoms with Gasteiger partial charge in [0.2, 0.25) is 0 Å². The van der Waals surface area contributed by atoms with Crippen LogP contribution < -0.4 is 16.0 Å². The Balaban J connectivity index is 1.46. The van der Waals surface area contributed by atoms with Gasteiger partial charge in [-0.15, -0.1) is 0 Å². The molecule has 4 N–H and O–H groups in total. The van der Waals surface area contributed by atoms with E-state index in [2.05, 4.69) is 32.1 Å². The van der Waals surface area contributed by atoms with Crippen molar-refractivity contribution in [1.82, 2.24) is 25.2 Å². The van der Waals surface area contributed by atoms with Crippen molar-refractivity contribution in [1.29, 1.82) is 5.26 Å². The van der Waals surface area contributed by atoms with Crippen molar-refractivity contribution < 1.29 is 14.3 Å². The number of aliphatic hydroxyl groups is 1. The summed E-state index contributed by atoms with van der Waals surface area (Å²) >= 11 is 0. The topological polar surface area (TPSA) is 127 Å². The van der Waals surface area contributed by atoms with Gasteiger partial charge in [0.05, 0.1) is 52.1 Å². The summed E-state index contributed by atoms with van der Waals surface area (Å²) < 4.78 is 15.9. The lowest BCUT2D eigenvalue weighted by Crippen LogP contribution is -2.42. The number of anilines is 1. The van der Waals surface area contributed by atoms with E-state index in [0.29, 0.717) is 34.5 Å². The van der Waals surface area contributed by atoms with Crippen LogP contribution in [0.5, 0.6) is 0 Å². The van der Waals surface area contributed by atoms with Gasteiger partial charge in [-0.2, -0.15) is 10.4 Å². The number of hydrogen-bond donors (Lipinski definition) is 4. The summed E-state index contributed by atoms with van der Waals surface area (Å²) in [6, 6.07) is 10.1. The Morgan fingerprint density at radius 1 is 1.37 bits per heavy atom. The number of rotatable bonds is 7. The number of hydrogen-bond acceptors (Lipinski definition) is 7. The van der Waals surface area contributed by atoms with E-state index in [1.54, 1.807) is 10.6 Å². The molecule has 4 atom stereocenters. The van der Waals surface area contributed by atoms with Crippen LogP contribution in [0.1, 0.15) is 42.6 Å². The standard InChI is InChI=1S/C25H28FN7O2/c1-25(2,35)23(26)13-30-24(34)18-12-29-21(8-20(18)32-19-7-16-6-15(19)11-28-16)22-4-3-17-5-14(9-27)10-31-33(17)22/h3-5,8,10,12,15-16,19,23,28,35H,6-7,11,13H2,1-2H3,(H,29,32)(H,30,34)/t15-,16-,19-,23+/m0/s1. The Kier molecular flexibility index (Phi) is 5.91. The van der Waals surface area contributed by atoms with E-state index >= 15 is 0 Å². The van der Waals surface area contributed by atoms with Gasteiger partial charge in [0.25, 0.3) is 5.91 Å². The number of nitrogens with zero attached hydrogens (tertiary/aromatic N) is 4. The third-order valence-corrected chi connectivity index (χ3v) is 6.95. The lowest BCUT2D eigenvalue weighted by molar-refractivity contribution is -0.00177. The zero-order valence-electron chi connectivity index (χ0n) is 19.6. The second-order valence-electron chi connectivity index (χ2n) is 9.95. The van der Waals surface area contributed by atoms with E-state index in [-0.39, 0.29) is 12.6 Å². The minimum atomic E-state index is -1.61. The summed E-state index contributed by atoms with van der Waals surface area (Å²) in [5.74, 6) is 0.00896. The van der Waals surface area contributed by atoms with Crippen LogP contribution >= 0.6 is 0 Å². The number of aromatic nitrogens is 3. The lowest BCUT2D eigenvalue weighted by Gasteiger charge is -2.26. The highest BCUT2D eigenvalue weighted by Crippen LogP contribution is 2.35. The van der Waals surface area contributed by atoms with Gasteiger partial charge in [-0.1, -0.05) is 0 Å². The van der Waals surface area contributed by atoms with E-state index in [9.17, 15) is 14.3 Å². The Hall–Kier alpha value is -3.55. The zero-order chi connectivity index (χ0) is 24.7. The molecule has 1 saturated carbocycles. The molecule has 35 heavy (non-hydrogen) atoms. The molecule has 0 aromatic carbocycles. The molecule has 1 saturated heterocycles. The van der Waals surface area contributed by atoms with Crippen molar-refractivity contribution in [2.24, 2.45) is 5.92 Å². The van der Waals surface area contributed by atoms with Gasteiger partial charge >= 0.3 is 0 Å². The first-order chi connectivity index (χ1) is 16.7. The third-order valence-electron chi connectivity index (χ3n) is 6.95. The molecule has 0 spiro atoms. The molecule has 0 unspecified atom stereocenters. The smallest absolute Gasteiger partial charge is 0.255 e. The minimum Gasteiger partial charge on any atom is -0.387 e. The molecule has 3 aromatic rings. The van der Waals surface area contributed by atoms with Crippen molar-refractivity contribution >= 4 is 17.1 Å². The monoisotopic (exact) mass is 477 g/mol. The first-order valence-corrected chi connectivity index (χ1v) is 11.8. The minimum absolute atomic E-state index is 0.216. The maximum Gasteiger partial charge on any atom is 0.255 e. The quantitative estimate of drug-likeness (QED) is 0.411. The van der Waals surface area contributed by atoms with Gasteiger partial charge in [-0.3, -0.25) is 9.78 Å². The molecule has 10 heteroatoms. The molecule has 2 fully saturated rings. The third kappa shape index (κ3) is 4.57. The second-order valence-corrected chi connectivity index (χ2v) is 9.95. The van der Waals surface area contributed by atoms with Gasteiger partial charge in [-0.05, 0) is 56.9 Å². The number of halogens is 1. The molecule has 9 nitrogen and oxygen atoms in total. The molecule has 1 aliphatic heterocycles. The molecule has 4 heterocycles. The highest BCUT2D eigenvalue weighted by atomic mass is 19.1. The number of pyridine rings is 1. The largest absolute Gasteiger partial charge is 0.387 e. The molecule has 2 bridgehead atoms. The van der Waals surface area contributed by atoms with Gasteiger partial charge in [0, 0.05) is 24.8 Å². The number of alkyl halides is 1. The van der Waals surface area contributed by atoms with Crippen LogP contribution in [0.25, 0.3) is 16.9 Å². The highest BCUT2D eigenvalue weighted by Gasteiger charge is 2.39. The van der Waals surface area contributed by atoms with Gasteiger partial charge in [-0.25, -0.2) is 8.91 Å². The summed E-state index contributed by atoms with van der Waals surface area (Å²) in [4.78, 5) is 17.5. The molecule has 5 rings (SSSR count). The molecule has 1 aliphatic carbocycles. The molecule has 3 aromatic heterocycles. The number of amides is 1. The van der Waals surface area contributed by atoms with E-state index in [1.165, 1.54) is 26.2 Å². The molecule has 2 aliphatic rings. The fourth-order valence-corrected chi connectivity index (χ4v) is 4.89. The van der Waals surface area contributed by atoms with Crippen molar-refractivity contribution in [2.45, 2.75) is 50.5 Å². The molecular formula is C25H28FN7O2. The van der Waals surface area contributed by atoms with E-state index < -0.39 is 17.7 Å². The zero-order valence-corrected chi connectivity index (χ0v) is 19.6. The summed E-state index contributed by atoms with van der Waals surface area (Å²) in [7, 11) is 0. The van der Waals surface area contributed by atoms with Crippen LogP contribution in [0.3, 0.4) is 0 Å². The maximum absolute atomic E-state index is 14.2. The van der Waals surface area contributed by atoms with Crippen molar-refractivity contribution in [2.75, 3.05) is 18.4 Å². The molecule has 1 amide bonds. The molecule has 0 radical (unpaired) electrons. The van der Waals surface area contributed by atoms with Crippen LogP contribution in [0.4, 0.5) is 10.1 Å². The number of carbonyl (C=O) groups excluding carboxylic acids is 1. The van der Waals surface area contributed by atoms with Crippen LogP contribution in [0.2, 0.25) is 0 Å². The van der Waals surface area contributed by atoms with Gasteiger partial charge in [0.1, 0.15) is 12.2 Å². The Bertz CT molecular complexity index is 1310. The van der Waals surface area contributed by atoms with E-state index in [1.807, 2.05) is 18.2 Å². The first-order valence-electron chi connectivity index (χ1n) is 11.8. The summed E-state index contributed by atoms with van der Waals surface area (Å²) in [6.07, 6.45) is 3.43. The SMILES string of the molecule is CC(C)(O)[C@H](F)CNC(=O)c1cnc(-c2ccc3cc(C#N)cnn23)cc1N[C@H]1C[C@@H]2C[C@H]1CN2. The average Bonchev–Trinajstić information content (AvgIpc) is 3.57. The van der Waals surface area contributed by atoms with Crippen molar-refractivity contribution in [3.05, 3.63) is 47.8 Å². The number of fused-ring (bicyclic) bond motifs is 3. The summed E-state index contributed by atoms with van der Waals surface area (Å²) in [5, 5.41) is 33.0. The van der Waals surface area contributed by atoms with Crippen LogP contribution in [-0.4, -0.2) is 62.6 Å². The Labute approximate surface area is 202 Å². The second kappa shape index (κ2) is 8.91. The number of nitrogens with one attached hydrogen (secondary N) is 3. The fourth-order valence-electron chi connectivity index (χ4n) is 4.89. The number of nitriles is 1. The number of carbonyl (C=O) groups is 1. The number of piperidine rings is 1. The normalized spacial score (nSPS) is 22.2. The Morgan fingerprint density at radius 3 is 2.89 bits per heavy atom. The predicted octanol–water partition coefficient (Wildman–Crippen LogP) is 2.27. The predicted molar refractivity (Wildman–Crippen MR) is 129 cm³/mol. The molecule has 182 valence electrons. The lowest BCUT2D eigenvalue weighted by atomic mass is 10.0. The summed E-state index contributed by atoms with van der Waals surface area (Å²) in [5.41, 5.74) is 1.94. The van der Waals surface area contributed by atoms with Crippen LogP contribution in [-0.2, 0) is 0 Å². The summed E-state index contributed by atoms with van der Waals surface area (Å²) in [6.45, 7) is 3.36. The maximum atomic E-state index is 14.2. The van der Waals surface area contributed by atoms with Gasteiger partial charge < -0.3 is 21.1 Å². The van der Waals surface area contributed by atoms with Crippen LogP contribution in [0.15, 0.2) is 36.7 Å². The van der Waals surface area contributed by atoms with Crippen molar-refractivity contribution in [3.63, 3.8) is 0 Å². The van der Waals surface area contributed by atoms with Gasteiger partial charge in [0.15, 0.2) is 0 Å². The average molecular weight is 478 g/mol. The first kappa shape index (κ1) is 23.2. The fraction of sp³-hybridized carbons (Fsp3) is 0.440. The van der Waals surface area contributed by atoms with Crippen molar-refractivity contribution in [3.8, 4) is 17.5 Å².